The molecule has 2 atom stereocenters. The number of fused-ring (bicyclic) bond motifs is 1. The first kappa shape index (κ1) is 25.1. The zero-order chi connectivity index (χ0) is 26.0. The Balaban J connectivity index is 1.82. The molecule has 0 aromatic heterocycles. The van der Waals surface area contributed by atoms with Crippen LogP contribution in [0.5, 0.6) is 17.2 Å². The van der Waals surface area contributed by atoms with E-state index in [9.17, 15) is 9.59 Å². The molecule has 0 spiro atoms. The third kappa shape index (κ3) is 4.61. The Kier molecular flexibility index (Phi) is 7.20. The maximum atomic E-state index is 13.9. The topological polar surface area (TPSA) is 77.1 Å². The molecular formula is C29H32N2O5. The van der Waals surface area contributed by atoms with Gasteiger partial charge in [-0.05, 0) is 59.0 Å². The minimum absolute atomic E-state index is 0.197. The number of hydrogen-bond acceptors (Lipinski definition) is 5. The Hall–Kier alpha value is -4.00. The number of nitrogens with one attached hydrogen (secondary N) is 1. The summed E-state index contributed by atoms with van der Waals surface area (Å²) in [5, 5.41) is 3.07. The number of rotatable bonds is 7. The second-order valence-electron chi connectivity index (χ2n) is 9.17. The molecule has 0 fully saturated rings. The largest absolute Gasteiger partial charge is 0.497 e. The Morgan fingerprint density at radius 2 is 1.50 bits per heavy atom. The average Bonchev–Trinajstić information content (AvgIpc) is 2.90. The fraction of sp³-hybridized carbons (Fsp3) is 0.310. The van der Waals surface area contributed by atoms with Crippen molar-refractivity contribution in [2.24, 2.45) is 0 Å². The third-order valence-corrected chi connectivity index (χ3v) is 6.76. The molecule has 1 N–H and O–H groups in total. The van der Waals surface area contributed by atoms with Crippen LogP contribution in [0.3, 0.4) is 0 Å². The van der Waals surface area contributed by atoms with Crippen molar-refractivity contribution in [2.75, 3.05) is 33.7 Å². The predicted octanol–water partition coefficient (Wildman–Crippen LogP) is 5.39. The molecule has 1 aliphatic rings. The van der Waals surface area contributed by atoms with Crippen LogP contribution < -0.4 is 19.5 Å². The van der Waals surface area contributed by atoms with Gasteiger partial charge < -0.3 is 24.4 Å². The number of carbonyl (C=O) groups excluding carboxylic acids is 2. The number of likely N-dealkylation sites (N-methyl/N-ethyl adjacent to an activating group) is 1. The summed E-state index contributed by atoms with van der Waals surface area (Å²) >= 11 is 0. The summed E-state index contributed by atoms with van der Waals surface area (Å²) in [7, 11) is 6.37. The lowest BCUT2D eigenvalue weighted by atomic mass is 9.79. The van der Waals surface area contributed by atoms with Crippen LogP contribution in [-0.4, -0.2) is 45.1 Å². The van der Waals surface area contributed by atoms with E-state index in [0.29, 0.717) is 40.0 Å². The van der Waals surface area contributed by atoms with Crippen molar-refractivity contribution in [3.8, 4) is 17.2 Å². The molecule has 0 aliphatic carbocycles. The first-order valence-electron chi connectivity index (χ1n) is 11.9. The zero-order valence-corrected chi connectivity index (χ0v) is 21.5. The van der Waals surface area contributed by atoms with Crippen molar-refractivity contribution < 1.29 is 23.8 Å². The van der Waals surface area contributed by atoms with Crippen LogP contribution in [0.1, 0.15) is 58.8 Å². The van der Waals surface area contributed by atoms with Gasteiger partial charge >= 0.3 is 0 Å². The number of ether oxygens (including phenoxy) is 3. The molecule has 1 aliphatic heterocycles. The molecule has 188 valence electrons. The average molecular weight is 489 g/mol. The summed E-state index contributed by atoms with van der Waals surface area (Å²) in [6, 6.07) is 18.1. The predicted molar refractivity (Wildman–Crippen MR) is 139 cm³/mol. The van der Waals surface area contributed by atoms with Gasteiger partial charge in [0.15, 0.2) is 11.5 Å². The molecule has 0 saturated carbocycles. The molecule has 0 saturated heterocycles. The highest BCUT2D eigenvalue weighted by Gasteiger charge is 2.43. The Bertz CT molecular complexity index is 1250. The van der Waals surface area contributed by atoms with E-state index in [2.05, 4.69) is 19.2 Å². The molecular weight excluding hydrogens is 456 g/mol. The first-order valence-corrected chi connectivity index (χ1v) is 11.9. The Morgan fingerprint density at radius 3 is 2.06 bits per heavy atom. The van der Waals surface area contributed by atoms with E-state index in [1.807, 2.05) is 48.5 Å². The van der Waals surface area contributed by atoms with Gasteiger partial charge in [0.05, 0.1) is 33.3 Å². The molecule has 0 unspecified atom stereocenters. The zero-order valence-electron chi connectivity index (χ0n) is 21.5. The van der Waals surface area contributed by atoms with Crippen LogP contribution in [-0.2, 0) is 4.79 Å². The van der Waals surface area contributed by atoms with Crippen LogP contribution in [0.25, 0.3) is 0 Å². The molecule has 7 heteroatoms. The molecule has 1 heterocycles. The summed E-state index contributed by atoms with van der Waals surface area (Å²) in [6.45, 7) is 4.25. The van der Waals surface area contributed by atoms with E-state index >= 15 is 0 Å². The monoisotopic (exact) mass is 488 g/mol. The van der Waals surface area contributed by atoms with Crippen LogP contribution in [0.4, 0.5) is 5.69 Å². The van der Waals surface area contributed by atoms with E-state index in [1.54, 1.807) is 31.2 Å². The molecule has 0 radical (unpaired) electrons. The lowest BCUT2D eigenvalue weighted by Gasteiger charge is -2.40. The molecule has 2 amide bonds. The third-order valence-electron chi connectivity index (χ3n) is 6.76. The van der Waals surface area contributed by atoms with Crippen LogP contribution in [0.15, 0.2) is 60.7 Å². The van der Waals surface area contributed by atoms with Gasteiger partial charge in [-0.2, -0.15) is 0 Å². The maximum absolute atomic E-state index is 13.9. The van der Waals surface area contributed by atoms with Crippen molar-refractivity contribution in [1.82, 2.24) is 4.90 Å². The fourth-order valence-electron chi connectivity index (χ4n) is 4.72. The smallest absolute Gasteiger partial charge is 0.254 e. The normalized spacial score (nSPS) is 17.0. The van der Waals surface area contributed by atoms with E-state index in [0.717, 1.165) is 5.56 Å². The van der Waals surface area contributed by atoms with Crippen LogP contribution in [0.2, 0.25) is 0 Å². The standard InChI is InChI=1S/C29H32N2O5/c1-17(2)18-7-11-20(12-8-18)30-28(32)26-22-15-24(35-5)25(36-6)16-23(22)29(33)31(3)27(26)19-9-13-21(34-4)14-10-19/h7-17,26-27H,1-6H3,(H,30,32)/t26-,27+/m1/s1. The molecule has 0 bridgehead atoms. The van der Waals surface area contributed by atoms with Gasteiger partial charge in [0, 0.05) is 18.3 Å². The number of benzene rings is 3. The number of anilines is 1. The van der Waals surface area contributed by atoms with E-state index in [-0.39, 0.29) is 11.8 Å². The quantitative estimate of drug-likeness (QED) is 0.483. The van der Waals surface area contributed by atoms with E-state index in [4.69, 9.17) is 14.2 Å². The van der Waals surface area contributed by atoms with Gasteiger partial charge in [-0.3, -0.25) is 9.59 Å². The van der Waals surface area contributed by atoms with Gasteiger partial charge in [-0.25, -0.2) is 0 Å². The highest BCUT2D eigenvalue weighted by Crippen LogP contribution is 2.46. The number of methoxy groups -OCH3 is 3. The van der Waals surface area contributed by atoms with Crippen molar-refractivity contribution in [3.63, 3.8) is 0 Å². The van der Waals surface area contributed by atoms with Crippen LogP contribution >= 0.6 is 0 Å². The first-order chi connectivity index (χ1) is 17.3. The van der Waals surface area contributed by atoms with Crippen LogP contribution in [0, 0.1) is 0 Å². The number of hydrogen-bond donors (Lipinski definition) is 1. The van der Waals surface area contributed by atoms with Crippen molar-refractivity contribution in [1.29, 1.82) is 0 Å². The second kappa shape index (κ2) is 10.3. The summed E-state index contributed by atoms with van der Waals surface area (Å²) in [5.74, 6) is 0.868. The Morgan fingerprint density at radius 1 is 0.889 bits per heavy atom. The summed E-state index contributed by atoms with van der Waals surface area (Å²) < 4.78 is 16.3. The van der Waals surface area contributed by atoms with Gasteiger partial charge in [0.1, 0.15) is 5.75 Å². The molecule has 7 nitrogen and oxygen atoms in total. The fourth-order valence-corrected chi connectivity index (χ4v) is 4.72. The lowest BCUT2D eigenvalue weighted by molar-refractivity contribution is -0.119. The van der Waals surface area contributed by atoms with Crippen molar-refractivity contribution in [2.45, 2.75) is 31.7 Å². The van der Waals surface area contributed by atoms with E-state index in [1.165, 1.54) is 19.8 Å². The van der Waals surface area contributed by atoms with Crippen molar-refractivity contribution >= 4 is 17.5 Å². The minimum Gasteiger partial charge on any atom is -0.497 e. The second-order valence-corrected chi connectivity index (χ2v) is 9.17. The molecule has 36 heavy (non-hydrogen) atoms. The van der Waals surface area contributed by atoms with Gasteiger partial charge in [0.25, 0.3) is 5.91 Å². The summed E-state index contributed by atoms with van der Waals surface area (Å²) in [6.07, 6.45) is 0. The van der Waals surface area contributed by atoms with Crippen molar-refractivity contribution in [3.05, 3.63) is 82.9 Å². The number of carbonyl (C=O) groups is 2. The lowest BCUT2D eigenvalue weighted by Crippen LogP contribution is -2.44. The molecule has 3 aromatic rings. The van der Waals surface area contributed by atoms with E-state index < -0.39 is 12.0 Å². The number of amides is 2. The number of nitrogens with zero attached hydrogens (tertiary/aromatic N) is 1. The maximum Gasteiger partial charge on any atom is 0.254 e. The highest BCUT2D eigenvalue weighted by atomic mass is 16.5. The summed E-state index contributed by atoms with van der Waals surface area (Å²) in [4.78, 5) is 29.0. The van der Waals surface area contributed by atoms with Gasteiger partial charge in [0.2, 0.25) is 5.91 Å². The Labute approximate surface area is 212 Å². The highest BCUT2D eigenvalue weighted by molar-refractivity contribution is 6.04. The summed E-state index contributed by atoms with van der Waals surface area (Å²) in [5.41, 5.74) is 3.71. The SMILES string of the molecule is COc1ccc([C@H]2[C@H](C(=O)Nc3ccc(C(C)C)cc3)c3cc(OC)c(OC)cc3C(=O)N2C)cc1. The minimum atomic E-state index is -0.694. The van der Waals surface area contributed by atoms with Gasteiger partial charge in [-0.15, -0.1) is 0 Å². The van der Waals surface area contributed by atoms with Gasteiger partial charge in [-0.1, -0.05) is 38.1 Å². The molecule has 4 rings (SSSR count). The molecule has 3 aromatic carbocycles.